The molecule has 20 heavy (non-hydrogen) atoms. The molecule has 0 amide bonds. The van der Waals surface area contributed by atoms with Gasteiger partial charge in [-0.2, -0.15) is 0 Å². The first kappa shape index (κ1) is 13.3. The van der Waals surface area contributed by atoms with E-state index >= 15 is 0 Å². The number of nitrogens with zero attached hydrogens (tertiary/aromatic N) is 3. The number of nitrogens with one attached hydrogen (secondary N) is 1. The van der Waals surface area contributed by atoms with Gasteiger partial charge in [-0.15, -0.1) is 0 Å². The van der Waals surface area contributed by atoms with Gasteiger partial charge >= 0.3 is 0 Å². The molecule has 0 radical (unpaired) electrons. The molecule has 2 unspecified atom stereocenters. The third-order valence-corrected chi connectivity index (χ3v) is 4.11. The third kappa shape index (κ3) is 2.48. The lowest BCUT2D eigenvalue weighted by molar-refractivity contribution is 0.394. The lowest BCUT2D eigenvalue weighted by atomic mass is 9.81. The van der Waals surface area contributed by atoms with Crippen LogP contribution in [0.4, 0.5) is 0 Å². The number of hydrogen-bond donors (Lipinski definition) is 1. The summed E-state index contributed by atoms with van der Waals surface area (Å²) in [6.45, 7) is 3.10. The Kier molecular flexibility index (Phi) is 3.83. The predicted molar refractivity (Wildman–Crippen MR) is 79.5 cm³/mol. The minimum Gasteiger partial charge on any atom is -0.340 e. The lowest BCUT2D eigenvalue weighted by Crippen LogP contribution is -2.30. The Hall–Kier alpha value is -1.68. The molecule has 1 N–H and O–H groups in total. The third-order valence-electron chi connectivity index (χ3n) is 4.11. The van der Waals surface area contributed by atoms with Crippen molar-refractivity contribution in [2.45, 2.75) is 38.1 Å². The maximum absolute atomic E-state index is 4.66. The number of likely N-dealkylation sites (N-methyl/N-ethyl adjacent to an activating group) is 1. The van der Waals surface area contributed by atoms with Crippen LogP contribution in [0.1, 0.15) is 48.7 Å². The van der Waals surface area contributed by atoms with Gasteiger partial charge in [0.1, 0.15) is 0 Å². The average Bonchev–Trinajstić information content (AvgIpc) is 2.91. The fourth-order valence-electron chi connectivity index (χ4n) is 3.24. The number of fused-ring (bicyclic) bond motifs is 1. The standard InChI is InChI=1S/C16H22N4/c1-3-17-16(14-10-20(2)11-19-14)13-8-4-6-12-7-5-9-18-15(12)13/h5,7,9-11,13,16-17H,3-4,6,8H2,1-2H3. The highest BCUT2D eigenvalue weighted by molar-refractivity contribution is 5.29. The van der Waals surface area contributed by atoms with E-state index in [9.17, 15) is 0 Å². The van der Waals surface area contributed by atoms with Crippen LogP contribution in [0.5, 0.6) is 0 Å². The van der Waals surface area contributed by atoms with E-state index in [4.69, 9.17) is 0 Å². The first-order valence-corrected chi connectivity index (χ1v) is 7.44. The highest BCUT2D eigenvalue weighted by atomic mass is 15.0. The number of aryl methyl sites for hydroxylation is 2. The van der Waals surface area contributed by atoms with E-state index in [2.05, 4.69) is 34.5 Å². The summed E-state index contributed by atoms with van der Waals surface area (Å²) in [6, 6.07) is 4.52. The zero-order chi connectivity index (χ0) is 13.9. The van der Waals surface area contributed by atoms with Gasteiger partial charge in [0.25, 0.3) is 0 Å². The molecule has 2 heterocycles. The Balaban J connectivity index is 1.96. The van der Waals surface area contributed by atoms with Gasteiger partial charge in [0.2, 0.25) is 0 Å². The Bertz CT molecular complexity index is 575. The van der Waals surface area contributed by atoms with Gasteiger partial charge in [-0.3, -0.25) is 4.98 Å². The Labute approximate surface area is 120 Å². The van der Waals surface area contributed by atoms with Crippen LogP contribution in [0.15, 0.2) is 30.9 Å². The quantitative estimate of drug-likeness (QED) is 0.928. The first-order chi connectivity index (χ1) is 9.79. The summed E-state index contributed by atoms with van der Waals surface area (Å²) in [7, 11) is 2.02. The molecule has 1 aliphatic rings. The number of imidazole rings is 1. The van der Waals surface area contributed by atoms with E-state index in [1.54, 1.807) is 0 Å². The van der Waals surface area contributed by atoms with Crippen molar-refractivity contribution in [3.8, 4) is 0 Å². The molecule has 1 aliphatic carbocycles. The molecule has 2 aromatic heterocycles. The van der Waals surface area contributed by atoms with E-state index < -0.39 is 0 Å². The molecule has 0 saturated carbocycles. The van der Waals surface area contributed by atoms with Crippen molar-refractivity contribution in [1.82, 2.24) is 19.9 Å². The minimum absolute atomic E-state index is 0.259. The Morgan fingerprint density at radius 3 is 3.10 bits per heavy atom. The molecule has 0 saturated heterocycles. The molecule has 0 aliphatic heterocycles. The molecule has 3 rings (SSSR count). The van der Waals surface area contributed by atoms with Gasteiger partial charge in [0.15, 0.2) is 0 Å². The molecule has 4 nitrogen and oxygen atoms in total. The molecule has 0 aromatic carbocycles. The molecular weight excluding hydrogens is 248 g/mol. The van der Waals surface area contributed by atoms with Gasteiger partial charge in [0.05, 0.1) is 18.1 Å². The number of rotatable bonds is 4. The summed E-state index contributed by atoms with van der Waals surface area (Å²) < 4.78 is 2.02. The Morgan fingerprint density at radius 1 is 1.45 bits per heavy atom. The van der Waals surface area contributed by atoms with Crippen molar-refractivity contribution >= 4 is 0 Å². The van der Waals surface area contributed by atoms with Crippen LogP contribution in [0, 0.1) is 0 Å². The van der Waals surface area contributed by atoms with Crippen molar-refractivity contribution in [2.75, 3.05) is 6.54 Å². The van der Waals surface area contributed by atoms with Crippen LogP contribution in [0.3, 0.4) is 0 Å². The van der Waals surface area contributed by atoms with E-state index in [0.29, 0.717) is 5.92 Å². The number of aromatic nitrogens is 3. The smallest absolute Gasteiger partial charge is 0.0947 e. The van der Waals surface area contributed by atoms with Crippen molar-refractivity contribution in [3.63, 3.8) is 0 Å². The summed E-state index contributed by atoms with van der Waals surface area (Å²) in [4.78, 5) is 9.22. The summed E-state index contributed by atoms with van der Waals surface area (Å²) in [5, 5.41) is 3.61. The van der Waals surface area contributed by atoms with Crippen molar-refractivity contribution in [3.05, 3.63) is 47.8 Å². The molecule has 2 aromatic rings. The van der Waals surface area contributed by atoms with Crippen LogP contribution in [-0.4, -0.2) is 21.1 Å². The van der Waals surface area contributed by atoms with Crippen LogP contribution in [-0.2, 0) is 13.5 Å². The summed E-state index contributed by atoms with van der Waals surface area (Å²) in [5.74, 6) is 0.426. The molecule has 0 bridgehead atoms. The molecule has 0 fully saturated rings. The predicted octanol–water partition coefficient (Wildman–Crippen LogP) is 2.59. The maximum atomic E-state index is 4.66. The number of pyridine rings is 1. The van der Waals surface area contributed by atoms with Gasteiger partial charge < -0.3 is 9.88 Å². The van der Waals surface area contributed by atoms with E-state index in [-0.39, 0.29) is 6.04 Å². The van der Waals surface area contributed by atoms with Crippen LogP contribution in [0.2, 0.25) is 0 Å². The van der Waals surface area contributed by atoms with E-state index in [0.717, 1.165) is 18.7 Å². The largest absolute Gasteiger partial charge is 0.340 e. The monoisotopic (exact) mass is 270 g/mol. The van der Waals surface area contributed by atoms with Crippen molar-refractivity contribution in [2.24, 2.45) is 7.05 Å². The highest BCUT2D eigenvalue weighted by Crippen LogP contribution is 2.38. The van der Waals surface area contributed by atoms with Gasteiger partial charge in [-0.25, -0.2) is 4.98 Å². The van der Waals surface area contributed by atoms with Crippen LogP contribution < -0.4 is 5.32 Å². The molecule has 4 heteroatoms. The van der Waals surface area contributed by atoms with Gasteiger partial charge in [0, 0.05) is 31.1 Å². The zero-order valence-corrected chi connectivity index (χ0v) is 12.2. The maximum Gasteiger partial charge on any atom is 0.0947 e. The van der Waals surface area contributed by atoms with Crippen LogP contribution in [0.25, 0.3) is 0 Å². The Morgan fingerprint density at radius 2 is 2.35 bits per heavy atom. The summed E-state index contributed by atoms with van der Waals surface area (Å²) in [6.07, 6.45) is 9.47. The lowest BCUT2D eigenvalue weighted by Gasteiger charge is -2.31. The van der Waals surface area contributed by atoms with E-state index in [1.807, 2.05) is 30.2 Å². The molecular formula is C16H22N4. The second-order valence-corrected chi connectivity index (χ2v) is 5.55. The molecule has 106 valence electrons. The fourth-order valence-corrected chi connectivity index (χ4v) is 3.24. The zero-order valence-electron chi connectivity index (χ0n) is 12.2. The summed E-state index contributed by atoms with van der Waals surface area (Å²) >= 11 is 0. The molecule has 2 atom stereocenters. The second kappa shape index (κ2) is 5.75. The van der Waals surface area contributed by atoms with Crippen molar-refractivity contribution in [1.29, 1.82) is 0 Å². The van der Waals surface area contributed by atoms with Crippen molar-refractivity contribution < 1.29 is 0 Å². The SMILES string of the molecule is CCNC(c1cn(C)cn1)C1CCCc2cccnc21. The average molecular weight is 270 g/mol. The number of hydrogen-bond acceptors (Lipinski definition) is 3. The fraction of sp³-hybridized carbons (Fsp3) is 0.500. The van der Waals surface area contributed by atoms with Gasteiger partial charge in [-0.05, 0) is 37.4 Å². The van der Waals surface area contributed by atoms with E-state index in [1.165, 1.54) is 24.1 Å². The second-order valence-electron chi connectivity index (χ2n) is 5.55. The normalized spacial score (nSPS) is 19.6. The highest BCUT2D eigenvalue weighted by Gasteiger charge is 2.30. The minimum atomic E-state index is 0.259. The van der Waals surface area contributed by atoms with Gasteiger partial charge in [-0.1, -0.05) is 13.0 Å². The summed E-state index contributed by atoms with van der Waals surface area (Å²) in [5.41, 5.74) is 3.79. The van der Waals surface area contributed by atoms with Crippen LogP contribution >= 0.6 is 0 Å². The molecule has 0 spiro atoms. The topological polar surface area (TPSA) is 42.7 Å². The first-order valence-electron chi connectivity index (χ1n) is 7.44.